The first-order valence-electron chi connectivity index (χ1n) is 9.66. The Morgan fingerprint density at radius 3 is 2.00 bits per heavy atom. The standard InChI is InChI=1S/C23H19ClN2O4/c24-17-12-10-16(11-13-17)21(28)25(14-20(27)15-6-2-1-3-7-15)26-22(29)18-8-4-5-9-19(18)23(26)30/h1-7,10-13,18-19H,8-9,14H2/t18-,19+. The van der Waals surface area contributed by atoms with Crippen molar-refractivity contribution in [2.45, 2.75) is 12.8 Å². The molecule has 2 aromatic rings. The number of imide groups is 1. The molecule has 7 heteroatoms. The first-order valence-corrected chi connectivity index (χ1v) is 10.0. The van der Waals surface area contributed by atoms with Crippen molar-refractivity contribution in [3.05, 3.63) is 82.9 Å². The zero-order valence-electron chi connectivity index (χ0n) is 16.0. The fourth-order valence-corrected chi connectivity index (χ4v) is 3.97. The Hall–Kier alpha value is -3.25. The molecule has 3 amide bonds. The van der Waals surface area contributed by atoms with Crippen LogP contribution in [0.3, 0.4) is 0 Å². The number of hydrazine groups is 1. The van der Waals surface area contributed by atoms with E-state index in [0.29, 0.717) is 23.4 Å². The molecule has 2 atom stereocenters. The second-order valence-corrected chi connectivity index (χ2v) is 7.74. The van der Waals surface area contributed by atoms with Gasteiger partial charge in [0, 0.05) is 16.1 Å². The van der Waals surface area contributed by atoms with Crippen LogP contribution in [0.25, 0.3) is 0 Å². The highest BCUT2D eigenvalue weighted by Gasteiger charge is 2.51. The summed E-state index contributed by atoms with van der Waals surface area (Å²) < 4.78 is 0. The minimum absolute atomic E-state index is 0.230. The first kappa shape index (κ1) is 20.0. The predicted molar refractivity (Wildman–Crippen MR) is 110 cm³/mol. The first-order chi connectivity index (χ1) is 14.5. The Morgan fingerprint density at radius 1 is 0.867 bits per heavy atom. The Bertz CT molecular complexity index is 1010. The van der Waals surface area contributed by atoms with Crippen molar-refractivity contribution < 1.29 is 19.2 Å². The van der Waals surface area contributed by atoms with E-state index in [0.717, 1.165) is 10.0 Å². The summed E-state index contributed by atoms with van der Waals surface area (Å²) in [5, 5.41) is 2.30. The molecule has 0 N–H and O–H groups in total. The number of Topliss-reactive ketones (excluding diaryl/α,β-unsaturated/α-hetero) is 1. The molecule has 0 saturated carbocycles. The molecule has 0 aromatic heterocycles. The lowest BCUT2D eigenvalue weighted by Crippen LogP contribution is -2.52. The van der Waals surface area contributed by atoms with Crippen LogP contribution in [0.2, 0.25) is 5.02 Å². The number of hydrogen-bond donors (Lipinski definition) is 0. The number of benzene rings is 2. The smallest absolute Gasteiger partial charge is 0.273 e. The van der Waals surface area contributed by atoms with Gasteiger partial charge in [0.1, 0.15) is 6.54 Å². The minimum atomic E-state index is -0.607. The summed E-state index contributed by atoms with van der Waals surface area (Å²) in [7, 11) is 0. The molecule has 30 heavy (non-hydrogen) atoms. The summed E-state index contributed by atoms with van der Waals surface area (Å²) in [6.07, 6.45) is 4.63. The molecule has 2 aliphatic rings. The lowest BCUT2D eigenvalue weighted by atomic mass is 9.85. The van der Waals surface area contributed by atoms with E-state index < -0.39 is 36.1 Å². The van der Waals surface area contributed by atoms with Crippen molar-refractivity contribution in [2.75, 3.05) is 6.54 Å². The number of ketones is 1. The van der Waals surface area contributed by atoms with E-state index in [1.165, 1.54) is 12.1 Å². The maximum absolute atomic E-state index is 13.3. The van der Waals surface area contributed by atoms with E-state index >= 15 is 0 Å². The van der Waals surface area contributed by atoms with Crippen molar-refractivity contribution in [1.29, 1.82) is 0 Å². The zero-order chi connectivity index (χ0) is 21.3. The second-order valence-electron chi connectivity index (χ2n) is 7.30. The maximum Gasteiger partial charge on any atom is 0.273 e. The third kappa shape index (κ3) is 3.66. The monoisotopic (exact) mass is 422 g/mol. The Labute approximate surface area is 178 Å². The van der Waals surface area contributed by atoms with Crippen LogP contribution in [0, 0.1) is 11.8 Å². The van der Waals surface area contributed by atoms with Gasteiger partial charge < -0.3 is 0 Å². The minimum Gasteiger partial charge on any atom is -0.292 e. The van der Waals surface area contributed by atoms with Gasteiger partial charge in [-0.1, -0.05) is 54.1 Å². The van der Waals surface area contributed by atoms with Gasteiger partial charge >= 0.3 is 0 Å². The van der Waals surface area contributed by atoms with E-state index in [1.54, 1.807) is 42.5 Å². The highest BCUT2D eigenvalue weighted by molar-refractivity contribution is 6.30. The van der Waals surface area contributed by atoms with Gasteiger partial charge in [-0.05, 0) is 37.1 Å². The molecule has 1 heterocycles. The Morgan fingerprint density at radius 2 is 1.43 bits per heavy atom. The van der Waals surface area contributed by atoms with Gasteiger partial charge in [0.05, 0.1) is 11.8 Å². The number of allylic oxidation sites excluding steroid dienone is 2. The number of carbonyl (C=O) groups is 4. The molecule has 0 bridgehead atoms. The van der Waals surface area contributed by atoms with Crippen LogP contribution >= 0.6 is 11.6 Å². The number of halogens is 1. The van der Waals surface area contributed by atoms with Crippen molar-refractivity contribution in [3.63, 3.8) is 0 Å². The fourth-order valence-electron chi connectivity index (χ4n) is 3.85. The highest BCUT2D eigenvalue weighted by Crippen LogP contribution is 2.36. The summed E-state index contributed by atoms with van der Waals surface area (Å²) in [4.78, 5) is 52.2. The molecule has 152 valence electrons. The molecule has 6 nitrogen and oxygen atoms in total. The maximum atomic E-state index is 13.3. The van der Waals surface area contributed by atoms with E-state index in [9.17, 15) is 19.2 Å². The number of amides is 3. The Kier molecular flexibility index (Phi) is 5.50. The second kappa shape index (κ2) is 8.24. The van der Waals surface area contributed by atoms with Crippen LogP contribution < -0.4 is 0 Å². The molecule has 0 spiro atoms. The third-order valence-electron chi connectivity index (χ3n) is 5.44. The normalized spacial score (nSPS) is 20.2. The van der Waals surface area contributed by atoms with Crippen LogP contribution in [0.5, 0.6) is 0 Å². The Balaban J connectivity index is 1.69. The zero-order valence-corrected chi connectivity index (χ0v) is 16.8. The summed E-state index contributed by atoms with van der Waals surface area (Å²) in [6, 6.07) is 14.6. The van der Waals surface area contributed by atoms with Gasteiger partial charge in [0.15, 0.2) is 5.78 Å². The molecule has 1 aliphatic heterocycles. The van der Waals surface area contributed by atoms with Gasteiger partial charge in [0.2, 0.25) is 0 Å². The molecular weight excluding hydrogens is 404 g/mol. The van der Waals surface area contributed by atoms with Crippen molar-refractivity contribution in [2.24, 2.45) is 11.8 Å². The van der Waals surface area contributed by atoms with E-state index in [4.69, 9.17) is 11.6 Å². The van der Waals surface area contributed by atoms with Gasteiger partial charge in [-0.2, -0.15) is 5.01 Å². The van der Waals surface area contributed by atoms with Gasteiger partial charge in [-0.15, -0.1) is 0 Å². The molecular formula is C23H19ClN2O4. The van der Waals surface area contributed by atoms with Crippen LogP contribution in [0.1, 0.15) is 33.6 Å². The quantitative estimate of drug-likeness (QED) is 0.419. The molecule has 2 aromatic carbocycles. The van der Waals surface area contributed by atoms with Crippen LogP contribution in [-0.2, 0) is 9.59 Å². The summed E-state index contributed by atoms with van der Waals surface area (Å²) in [5.74, 6) is -2.88. The largest absolute Gasteiger partial charge is 0.292 e. The van der Waals surface area contributed by atoms with E-state index in [-0.39, 0.29) is 11.3 Å². The number of fused-ring (bicyclic) bond motifs is 1. The molecule has 1 fully saturated rings. The SMILES string of the molecule is O=C(CN(C(=O)c1ccc(Cl)cc1)N1C(=O)[C@H]2CC=CC[C@H]2C1=O)c1ccccc1. The number of hydrogen-bond acceptors (Lipinski definition) is 4. The van der Waals surface area contributed by atoms with Gasteiger partial charge in [-0.25, -0.2) is 5.01 Å². The van der Waals surface area contributed by atoms with Crippen molar-refractivity contribution in [1.82, 2.24) is 10.0 Å². The summed E-state index contributed by atoms with van der Waals surface area (Å²) in [5.41, 5.74) is 0.624. The van der Waals surface area contributed by atoms with Crippen molar-refractivity contribution >= 4 is 35.1 Å². The molecule has 1 saturated heterocycles. The predicted octanol–water partition coefficient (Wildman–Crippen LogP) is 3.53. The topological polar surface area (TPSA) is 74.8 Å². The molecule has 4 rings (SSSR count). The lowest BCUT2D eigenvalue weighted by molar-refractivity contribution is -0.154. The molecule has 1 aliphatic carbocycles. The summed E-state index contributed by atoms with van der Waals surface area (Å²) >= 11 is 5.91. The highest BCUT2D eigenvalue weighted by atomic mass is 35.5. The average Bonchev–Trinajstić information content (AvgIpc) is 3.03. The fraction of sp³-hybridized carbons (Fsp3) is 0.217. The lowest BCUT2D eigenvalue weighted by Gasteiger charge is -2.30. The van der Waals surface area contributed by atoms with Crippen LogP contribution in [0.4, 0.5) is 0 Å². The van der Waals surface area contributed by atoms with Crippen LogP contribution in [0.15, 0.2) is 66.7 Å². The van der Waals surface area contributed by atoms with Gasteiger partial charge in [-0.3, -0.25) is 19.2 Å². The van der Waals surface area contributed by atoms with Crippen LogP contribution in [-0.4, -0.2) is 40.1 Å². The molecule has 0 radical (unpaired) electrons. The van der Waals surface area contributed by atoms with E-state index in [2.05, 4.69) is 0 Å². The summed E-state index contributed by atoms with van der Waals surface area (Å²) in [6.45, 7) is -0.421. The van der Waals surface area contributed by atoms with Crippen molar-refractivity contribution in [3.8, 4) is 0 Å². The molecule has 0 unspecified atom stereocenters. The number of rotatable bonds is 5. The number of nitrogens with zero attached hydrogens (tertiary/aromatic N) is 2. The average molecular weight is 423 g/mol. The van der Waals surface area contributed by atoms with E-state index in [1.807, 2.05) is 12.2 Å². The third-order valence-corrected chi connectivity index (χ3v) is 5.69. The van der Waals surface area contributed by atoms with Gasteiger partial charge in [0.25, 0.3) is 17.7 Å². The number of carbonyl (C=O) groups excluding carboxylic acids is 4.